The molecule has 0 aromatic carbocycles. The highest BCUT2D eigenvalue weighted by molar-refractivity contribution is 5.34. The summed E-state index contributed by atoms with van der Waals surface area (Å²) in [5.74, 6) is 2.05. The molecular weight excluding hydrogens is 156 g/mol. The lowest BCUT2D eigenvalue weighted by Crippen LogP contribution is -2.26. The number of allylic oxidation sites excluding steroid dienone is 6. The molecule has 0 saturated heterocycles. The molecule has 0 aliphatic heterocycles. The maximum Gasteiger partial charge on any atom is 0.00545 e. The molecule has 3 aliphatic rings. The van der Waals surface area contributed by atoms with Crippen molar-refractivity contribution in [2.24, 2.45) is 17.8 Å². The Morgan fingerprint density at radius 3 is 3.31 bits per heavy atom. The molecule has 3 aliphatic carbocycles. The molecular formula is C13H14. The number of rotatable bonds is 0. The van der Waals surface area contributed by atoms with Crippen LogP contribution in [0.4, 0.5) is 0 Å². The van der Waals surface area contributed by atoms with Gasteiger partial charge in [-0.1, -0.05) is 36.0 Å². The van der Waals surface area contributed by atoms with Crippen LogP contribution in [0.1, 0.15) is 19.3 Å². The minimum atomic E-state index is 0.563. The van der Waals surface area contributed by atoms with Crippen molar-refractivity contribution in [3.8, 4) is 0 Å². The highest BCUT2D eigenvalue weighted by atomic mass is 14.4. The van der Waals surface area contributed by atoms with Crippen LogP contribution in [0.3, 0.4) is 0 Å². The fraction of sp³-hybridized carbons (Fsp3) is 0.462. The second kappa shape index (κ2) is 2.87. The van der Waals surface area contributed by atoms with Crippen LogP contribution in [0.5, 0.6) is 0 Å². The Bertz CT molecular complexity index is 293. The van der Waals surface area contributed by atoms with E-state index in [0.29, 0.717) is 5.92 Å². The van der Waals surface area contributed by atoms with Crippen LogP contribution in [-0.2, 0) is 0 Å². The van der Waals surface area contributed by atoms with Crippen molar-refractivity contribution in [1.82, 2.24) is 0 Å². The summed E-state index contributed by atoms with van der Waals surface area (Å²) < 4.78 is 0. The molecule has 0 heteroatoms. The Labute approximate surface area is 80.0 Å². The molecule has 1 fully saturated rings. The maximum absolute atomic E-state index is 3.71. The zero-order valence-corrected chi connectivity index (χ0v) is 7.74. The van der Waals surface area contributed by atoms with Gasteiger partial charge in [-0.05, 0) is 37.5 Å². The SMILES string of the molecule is [C]1C2C=CC=C2CC2C=CCCC12. The van der Waals surface area contributed by atoms with Gasteiger partial charge in [-0.15, -0.1) is 0 Å². The van der Waals surface area contributed by atoms with Gasteiger partial charge in [-0.2, -0.15) is 0 Å². The van der Waals surface area contributed by atoms with Gasteiger partial charge in [0.25, 0.3) is 0 Å². The summed E-state index contributed by atoms with van der Waals surface area (Å²) in [7, 11) is 0. The molecule has 0 heterocycles. The highest BCUT2D eigenvalue weighted by Crippen LogP contribution is 2.43. The quantitative estimate of drug-likeness (QED) is 0.490. The minimum absolute atomic E-state index is 0.563. The first kappa shape index (κ1) is 7.61. The van der Waals surface area contributed by atoms with Crippen LogP contribution >= 0.6 is 0 Å². The van der Waals surface area contributed by atoms with Gasteiger partial charge in [-0.3, -0.25) is 0 Å². The van der Waals surface area contributed by atoms with Crippen molar-refractivity contribution in [3.05, 3.63) is 42.4 Å². The predicted molar refractivity (Wildman–Crippen MR) is 53.9 cm³/mol. The van der Waals surface area contributed by atoms with E-state index in [1.165, 1.54) is 19.3 Å². The molecule has 13 heavy (non-hydrogen) atoms. The fourth-order valence-electron chi connectivity index (χ4n) is 2.69. The molecule has 3 rings (SSSR count). The zero-order valence-electron chi connectivity index (χ0n) is 7.74. The van der Waals surface area contributed by atoms with E-state index >= 15 is 0 Å². The van der Waals surface area contributed by atoms with Crippen LogP contribution < -0.4 is 0 Å². The Morgan fingerprint density at radius 1 is 1.31 bits per heavy atom. The standard InChI is InChI=1S/C13H14/c1-2-5-11-9-13-7-3-6-12(13)8-10(11)4-1/h1,3-4,6-7,10-11,13H,2,5,8H2. The minimum Gasteiger partial charge on any atom is -0.0882 e. The van der Waals surface area contributed by atoms with Crippen molar-refractivity contribution in [2.75, 3.05) is 0 Å². The lowest BCUT2D eigenvalue weighted by atomic mass is 9.69. The van der Waals surface area contributed by atoms with Gasteiger partial charge in [0, 0.05) is 5.92 Å². The number of fused-ring (bicyclic) bond motifs is 2. The maximum atomic E-state index is 3.71. The average Bonchev–Trinajstić information content (AvgIpc) is 2.61. The van der Waals surface area contributed by atoms with Gasteiger partial charge in [0.05, 0.1) is 0 Å². The van der Waals surface area contributed by atoms with Crippen LogP contribution in [0.25, 0.3) is 0 Å². The van der Waals surface area contributed by atoms with E-state index in [4.69, 9.17) is 0 Å². The lowest BCUT2D eigenvalue weighted by molar-refractivity contribution is 0.346. The Hall–Kier alpha value is -0.780. The summed E-state index contributed by atoms with van der Waals surface area (Å²) in [6, 6.07) is 0. The monoisotopic (exact) mass is 170 g/mol. The summed E-state index contributed by atoms with van der Waals surface area (Å²) in [4.78, 5) is 0. The van der Waals surface area contributed by atoms with Gasteiger partial charge in [0.2, 0.25) is 0 Å². The van der Waals surface area contributed by atoms with E-state index in [0.717, 1.165) is 11.8 Å². The molecule has 0 nitrogen and oxygen atoms in total. The van der Waals surface area contributed by atoms with Gasteiger partial charge < -0.3 is 0 Å². The zero-order chi connectivity index (χ0) is 8.67. The second-order valence-electron chi connectivity index (χ2n) is 4.25. The van der Waals surface area contributed by atoms with E-state index < -0.39 is 0 Å². The molecule has 66 valence electrons. The topological polar surface area (TPSA) is 0 Å². The van der Waals surface area contributed by atoms with Crippen LogP contribution in [0.2, 0.25) is 0 Å². The fourth-order valence-corrected chi connectivity index (χ4v) is 2.69. The largest absolute Gasteiger partial charge is 0.0882 e. The molecule has 0 aromatic heterocycles. The molecule has 2 radical (unpaired) electrons. The molecule has 3 unspecified atom stereocenters. The third kappa shape index (κ3) is 1.20. The smallest absolute Gasteiger partial charge is 0.00545 e. The van der Waals surface area contributed by atoms with E-state index in [2.05, 4.69) is 36.8 Å². The summed E-state index contributed by atoms with van der Waals surface area (Å²) in [5.41, 5.74) is 1.58. The normalized spacial score (nSPS) is 41.2. The van der Waals surface area contributed by atoms with E-state index in [1.54, 1.807) is 5.57 Å². The van der Waals surface area contributed by atoms with Crippen LogP contribution in [-0.4, -0.2) is 0 Å². The van der Waals surface area contributed by atoms with Gasteiger partial charge >= 0.3 is 0 Å². The Balaban J connectivity index is 1.85. The highest BCUT2D eigenvalue weighted by Gasteiger charge is 2.33. The molecule has 0 spiro atoms. The molecule has 0 N–H and O–H groups in total. The van der Waals surface area contributed by atoms with Crippen molar-refractivity contribution < 1.29 is 0 Å². The summed E-state index contributed by atoms with van der Waals surface area (Å²) in [6.07, 6.45) is 19.0. The van der Waals surface area contributed by atoms with Crippen molar-refractivity contribution in [3.63, 3.8) is 0 Å². The third-order valence-corrected chi connectivity index (χ3v) is 3.42. The van der Waals surface area contributed by atoms with E-state index in [9.17, 15) is 0 Å². The molecule has 3 atom stereocenters. The average molecular weight is 170 g/mol. The van der Waals surface area contributed by atoms with Crippen LogP contribution in [0, 0.1) is 24.2 Å². The van der Waals surface area contributed by atoms with Crippen LogP contribution in [0.15, 0.2) is 36.0 Å². The molecule has 0 amide bonds. The van der Waals surface area contributed by atoms with Gasteiger partial charge in [0.1, 0.15) is 0 Å². The van der Waals surface area contributed by atoms with Crippen molar-refractivity contribution in [1.29, 1.82) is 0 Å². The first-order chi connectivity index (χ1) is 6.43. The molecule has 0 bridgehead atoms. The Kier molecular flexibility index (Phi) is 1.68. The van der Waals surface area contributed by atoms with E-state index in [1.807, 2.05) is 0 Å². The Morgan fingerprint density at radius 2 is 2.31 bits per heavy atom. The summed E-state index contributed by atoms with van der Waals surface area (Å²) in [5, 5.41) is 0. The predicted octanol–water partition coefficient (Wildman–Crippen LogP) is 3.17. The van der Waals surface area contributed by atoms with Gasteiger partial charge in [0.15, 0.2) is 0 Å². The summed E-state index contributed by atoms with van der Waals surface area (Å²) in [6.45, 7) is 0. The molecule has 1 saturated carbocycles. The van der Waals surface area contributed by atoms with Crippen molar-refractivity contribution >= 4 is 0 Å². The van der Waals surface area contributed by atoms with Crippen molar-refractivity contribution in [2.45, 2.75) is 19.3 Å². The first-order valence-electron chi connectivity index (χ1n) is 5.23. The third-order valence-electron chi connectivity index (χ3n) is 3.42. The number of hydrogen-bond donors (Lipinski definition) is 0. The number of hydrogen-bond acceptors (Lipinski definition) is 0. The summed E-state index contributed by atoms with van der Waals surface area (Å²) >= 11 is 0. The molecule has 0 aromatic rings. The first-order valence-corrected chi connectivity index (χ1v) is 5.23. The van der Waals surface area contributed by atoms with Gasteiger partial charge in [-0.25, -0.2) is 0 Å². The lowest BCUT2D eigenvalue weighted by Gasteiger charge is -2.35. The second-order valence-corrected chi connectivity index (χ2v) is 4.25. The van der Waals surface area contributed by atoms with E-state index in [-0.39, 0.29) is 0 Å².